The van der Waals surface area contributed by atoms with E-state index in [-0.39, 0.29) is 12.2 Å². The van der Waals surface area contributed by atoms with Crippen LogP contribution in [-0.2, 0) is 16.1 Å². The second kappa shape index (κ2) is 12.6. The van der Waals surface area contributed by atoms with E-state index < -0.39 is 12.0 Å². The molecule has 0 fully saturated rings. The Hall–Kier alpha value is -4.47. The standard InChI is InChI=1S/C35H29BrN2O5S/c1-4-42-34(40)30-21(2)37-35-38(31(30)24-12-6-5-7-13-24)33(39)29(44-35)19-22-17-27(36)32(28(18-22)41-3)43-20-25-15-10-14-23-11-8-9-16-26(23)25/h5-19,31H,4,20H2,1-3H3/b29-19+/t31-/m1/s1. The average Bonchev–Trinajstić information content (AvgIpc) is 3.33. The molecule has 0 spiro atoms. The highest BCUT2D eigenvalue weighted by atomic mass is 79.9. The predicted octanol–water partition coefficient (Wildman–Crippen LogP) is 6.30. The molecule has 1 aliphatic rings. The highest BCUT2D eigenvalue weighted by Gasteiger charge is 2.33. The molecular weight excluding hydrogens is 640 g/mol. The van der Waals surface area contributed by atoms with Gasteiger partial charge in [-0.1, -0.05) is 84.1 Å². The van der Waals surface area contributed by atoms with Crippen molar-refractivity contribution in [2.24, 2.45) is 4.99 Å². The molecule has 0 amide bonds. The van der Waals surface area contributed by atoms with Crippen LogP contribution in [0.15, 0.2) is 110 Å². The number of carbonyl (C=O) groups is 1. The van der Waals surface area contributed by atoms with Crippen molar-refractivity contribution in [3.05, 3.63) is 137 Å². The van der Waals surface area contributed by atoms with Gasteiger partial charge in [-0.3, -0.25) is 9.36 Å². The van der Waals surface area contributed by atoms with Crippen LogP contribution in [0.1, 0.15) is 36.6 Å². The summed E-state index contributed by atoms with van der Waals surface area (Å²) in [4.78, 5) is 32.2. The second-order valence-corrected chi connectivity index (χ2v) is 12.0. The molecule has 4 aromatic carbocycles. The Balaban J connectivity index is 1.39. The van der Waals surface area contributed by atoms with Crippen LogP contribution in [0.4, 0.5) is 0 Å². The number of methoxy groups -OCH3 is 1. The minimum atomic E-state index is -0.653. The lowest BCUT2D eigenvalue weighted by Crippen LogP contribution is -2.39. The number of rotatable bonds is 8. The maximum atomic E-state index is 13.9. The van der Waals surface area contributed by atoms with E-state index >= 15 is 0 Å². The van der Waals surface area contributed by atoms with Crippen LogP contribution in [0.25, 0.3) is 16.8 Å². The van der Waals surface area contributed by atoms with E-state index in [2.05, 4.69) is 45.2 Å². The van der Waals surface area contributed by atoms with E-state index in [1.165, 1.54) is 11.3 Å². The summed E-state index contributed by atoms with van der Waals surface area (Å²) >= 11 is 4.93. The fraction of sp³-hybridized carbons (Fsp3) is 0.171. The zero-order chi connectivity index (χ0) is 30.8. The lowest BCUT2D eigenvalue weighted by atomic mass is 9.96. The summed E-state index contributed by atoms with van der Waals surface area (Å²) in [6.45, 7) is 4.11. The first kappa shape index (κ1) is 29.6. The van der Waals surface area contributed by atoms with Gasteiger partial charge in [0.2, 0.25) is 0 Å². The Bertz CT molecular complexity index is 2090. The molecule has 222 valence electrons. The van der Waals surface area contributed by atoms with Crippen LogP contribution in [-0.4, -0.2) is 24.3 Å². The highest BCUT2D eigenvalue weighted by molar-refractivity contribution is 9.10. The fourth-order valence-electron chi connectivity index (χ4n) is 5.43. The summed E-state index contributed by atoms with van der Waals surface area (Å²) in [5.74, 6) is 0.615. The average molecular weight is 670 g/mol. The Morgan fingerprint density at radius 1 is 1.05 bits per heavy atom. The monoisotopic (exact) mass is 668 g/mol. The molecule has 9 heteroatoms. The third kappa shape index (κ3) is 5.60. The summed E-state index contributed by atoms with van der Waals surface area (Å²) in [5, 5.41) is 2.28. The first-order valence-electron chi connectivity index (χ1n) is 14.1. The van der Waals surface area contributed by atoms with E-state index in [0.717, 1.165) is 27.5 Å². The Labute approximate surface area is 266 Å². The van der Waals surface area contributed by atoms with Gasteiger partial charge in [-0.05, 0) is 75.4 Å². The van der Waals surface area contributed by atoms with Gasteiger partial charge in [0.1, 0.15) is 6.61 Å². The van der Waals surface area contributed by atoms with Gasteiger partial charge in [-0.2, -0.15) is 0 Å². The lowest BCUT2D eigenvalue weighted by Gasteiger charge is -2.24. The molecule has 1 aliphatic heterocycles. The van der Waals surface area contributed by atoms with Crippen molar-refractivity contribution in [3.8, 4) is 11.5 Å². The van der Waals surface area contributed by atoms with Crippen molar-refractivity contribution in [2.75, 3.05) is 13.7 Å². The van der Waals surface area contributed by atoms with Crippen LogP contribution >= 0.6 is 27.3 Å². The number of carbonyl (C=O) groups excluding carboxylic acids is 1. The molecule has 44 heavy (non-hydrogen) atoms. The van der Waals surface area contributed by atoms with Crippen molar-refractivity contribution in [1.82, 2.24) is 4.57 Å². The fourth-order valence-corrected chi connectivity index (χ4v) is 7.05. The summed E-state index contributed by atoms with van der Waals surface area (Å²) in [6.07, 6.45) is 1.80. The maximum Gasteiger partial charge on any atom is 0.338 e. The predicted molar refractivity (Wildman–Crippen MR) is 176 cm³/mol. The first-order valence-corrected chi connectivity index (χ1v) is 15.7. The summed E-state index contributed by atoms with van der Waals surface area (Å²) < 4.78 is 20.1. The number of ether oxygens (including phenoxy) is 3. The number of esters is 1. The number of thiazole rings is 1. The molecule has 0 bridgehead atoms. The molecule has 0 aliphatic carbocycles. The maximum absolute atomic E-state index is 13.9. The van der Waals surface area contributed by atoms with Crippen molar-refractivity contribution < 1.29 is 19.0 Å². The number of fused-ring (bicyclic) bond motifs is 2. The van der Waals surface area contributed by atoms with Crippen LogP contribution in [0.5, 0.6) is 11.5 Å². The Kier molecular flexibility index (Phi) is 8.50. The highest BCUT2D eigenvalue weighted by Crippen LogP contribution is 2.38. The molecule has 0 saturated carbocycles. The normalized spacial score (nSPS) is 14.7. The van der Waals surface area contributed by atoms with Gasteiger partial charge < -0.3 is 14.2 Å². The number of nitrogens with zero attached hydrogens (tertiary/aromatic N) is 2. The van der Waals surface area contributed by atoms with E-state index in [1.54, 1.807) is 31.6 Å². The topological polar surface area (TPSA) is 79.1 Å². The van der Waals surface area contributed by atoms with Crippen LogP contribution in [0.2, 0.25) is 0 Å². The molecule has 5 aromatic rings. The van der Waals surface area contributed by atoms with Gasteiger partial charge in [0, 0.05) is 0 Å². The zero-order valence-corrected chi connectivity index (χ0v) is 26.8. The zero-order valence-electron chi connectivity index (χ0n) is 24.4. The number of hydrogen-bond acceptors (Lipinski definition) is 7. The largest absolute Gasteiger partial charge is 0.493 e. The quantitative estimate of drug-likeness (QED) is 0.181. The smallest absolute Gasteiger partial charge is 0.338 e. The number of halogens is 1. The molecular formula is C35H29BrN2O5S. The summed E-state index contributed by atoms with van der Waals surface area (Å²) in [7, 11) is 1.59. The second-order valence-electron chi connectivity index (χ2n) is 10.2. The molecule has 0 unspecified atom stereocenters. The SMILES string of the molecule is CCOC(=O)C1=C(C)N=c2s/c(=C/c3cc(Br)c(OCc4cccc5ccccc45)c(OC)c3)c(=O)n2[C@@H]1c1ccccc1. The van der Waals surface area contributed by atoms with Crippen molar-refractivity contribution in [3.63, 3.8) is 0 Å². The molecule has 2 heterocycles. The van der Waals surface area contributed by atoms with Gasteiger partial charge in [0.05, 0.1) is 40.0 Å². The molecule has 6 rings (SSSR count). The van der Waals surface area contributed by atoms with Gasteiger partial charge in [0.25, 0.3) is 5.56 Å². The number of hydrogen-bond donors (Lipinski definition) is 0. The number of aromatic nitrogens is 1. The first-order chi connectivity index (χ1) is 21.4. The van der Waals surface area contributed by atoms with Gasteiger partial charge in [0.15, 0.2) is 16.3 Å². The van der Waals surface area contributed by atoms with Crippen LogP contribution in [0.3, 0.4) is 0 Å². The van der Waals surface area contributed by atoms with Gasteiger partial charge >= 0.3 is 5.97 Å². The van der Waals surface area contributed by atoms with Crippen LogP contribution < -0.4 is 24.4 Å². The van der Waals surface area contributed by atoms with Crippen molar-refractivity contribution >= 4 is 50.1 Å². The van der Waals surface area contributed by atoms with E-state index in [4.69, 9.17) is 14.2 Å². The van der Waals surface area contributed by atoms with Crippen molar-refractivity contribution in [2.45, 2.75) is 26.5 Å². The van der Waals surface area contributed by atoms with E-state index in [0.29, 0.717) is 43.2 Å². The molecule has 0 N–H and O–H groups in total. The van der Waals surface area contributed by atoms with E-state index in [1.807, 2.05) is 60.7 Å². The minimum absolute atomic E-state index is 0.222. The van der Waals surface area contributed by atoms with Gasteiger partial charge in [-0.15, -0.1) is 0 Å². The summed E-state index contributed by atoms with van der Waals surface area (Å²) in [5.41, 5.74) is 3.25. The Morgan fingerprint density at radius 3 is 2.57 bits per heavy atom. The molecule has 1 aromatic heterocycles. The lowest BCUT2D eigenvalue weighted by molar-refractivity contribution is -0.139. The van der Waals surface area contributed by atoms with Gasteiger partial charge in [-0.25, -0.2) is 9.79 Å². The molecule has 7 nitrogen and oxygen atoms in total. The molecule has 0 saturated heterocycles. The molecule has 0 radical (unpaired) electrons. The van der Waals surface area contributed by atoms with E-state index in [9.17, 15) is 9.59 Å². The number of allylic oxidation sites excluding steroid dienone is 1. The summed E-state index contributed by atoms with van der Waals surface area (Å²) in [6, 6.07) is 26.9. The Morgan fingerprint density at radius 2 is 1.80 bits per heavy atom. The minimum Gasteiger partial charge on any atom is -0.493 e. The molecule has 1 atom stereocenters. The number of benzene rings is 4. The third-order valence-electron chi connectivity index (χ3n) is 7.43. The van der Waals surface area contributed by atoms with Crippen molar-refractivity contribution in [1.29, 1.82) is 0 Å². The third-order valence-corrected chi connectivity index (χ3v) is 9.01. The van der Waals surface area contributed by atoms with Crippen LogP contribution in [0, 0.1) is 0 Å².